The second-order valence-electron chi connectivity index (χ2n) is 6.94. The Labute approximate surface area is 153 Å². The molecule has 0 radical (unpaired) electrons. The van der Waals surface area contributed by atoms with Gasteiger partial charge >= 0.3 is 0 Å². The summed E-state index contributed by atoms with van der Waals surface area (Å²) in [6.07, 6.45) is 5.06. The monoisotopic (exact) mass is 378 g/mol. The van der Waals surface area contributed by atoms with Crippen molar-refractivity contribution in [3.8, 4) is 5.75 Å². The molecule has 26 heavy (non-hydrogen) atoms. The smallest absolute Gasteiger partial charge is 0.258 e. The van der Waals surface area contributed by atoms with E-state index in [1.807, 2.05) is 0 Å². The van der Waals surface area contributed by atoms with Gasteiger partial charge in [0.05, 0.1) is 16.8 Å². The number of ether oxygens (including phenoxy) is 1. The first kappa shape index (κ1) is 16.8. The van der Waals surface area contributed by atoms with Crippen molar-refractivity contribution >= 4 is 23.4 Å². The Morgan fingerprint density at radius 3 is 2.65 bits per heavy atom. The van der Waals surface area contributed by atoms with Crippen LogP contribution in [0.15, 0.2) is 30.6 Å². The number of halogens is 2. The van der Waals surface area contributed by atoms with E-state index in [0.29, 0.717) is 24.8 Å². The summed E-state index contributed by atoms with van der Waals surface area (Å²) in [6.45, 7) is -0.211. The number of hydrogen-bond donors (Lipinski definition) is 3. The molecule has 0 aliphatic heterocycles. The second-order valence-corrected chi connectivity index (χ2v) is 7.35. The van der Waals surface area contributed by atoms with Gasteiger partial charge in [-0.25, -0.2) is 4.39 Å². The summed E-state index contributed by atoms with van der Waals surface area (Å²) < 4.78 is 18.6. The van der Waals surface area contributed by atoms with E-state index in [4.69, 9.17) is 16.3 Å². The number of nitrogens with zero attached hydrogens (tertiary/aromatic N) is 1. The molecule has 5 rings (SSSR count). The maximum absolute atomic E-state index is 13.3. The first-order valence-corrected chi connectivity index (χ1v) is 8.47. The average molecular weight is 379 g/mol. The molecule has 0 atom stereocenters. The molecule has 3 aliphatic rings. The Hall–Kier alpha value is -2.61. The predicted octanol–water partition coefficient (Wildman–Crippen LogP) is 1.80. The molecular formula is C17H16ClFN4O3. The van der Waals surface area contributed by atoms with Crippen LogP contribution in [-0.2, 0) is 4.79 Å². The summed E-state index contributed by atoms with van der Waals surface area (Å²) in [5, 5.41) is 12.3. The van der Waals surface area contributed by atoms with Crippen LogP contribution >= 0.6 is 11.6 Å². The maximum atomic E-state index is 13.3. The number of rotatable bonds is 6. The summed E-state index contributed by atoms with van der Waals surface area (Å²) in [5.41, 5.74) is -0.0478. The van der Waals surface area contributed by atoms with Crippen molar-refractivity contribution in [2.24, 2.45) is 0 Å². The number of aromatic amines is 1. The SMILES string of the molecule is O=C(COc1ccc(Cl)c(F)c1)NC12CC(NC(=O)c3cn[nH]c3)(C1)C2. The minimum atomic E-state index is -0.598. The number of carbonyl (C=O) groups is 2. The molecule has 2 amide bonds. The molecule has 1 heterocycles. The molecule has 9 heteroatoms. The van der Waals surface area contributed by atoms with E-state index in [2.05, 4.69) is 20.8 Å². The molecule has 1 aromatic carbocycles. The van der Waals surface area contributed by atoms with Crippen LogP contribution in [0.25, 0.3) is 0 Å². The van der Waals surface area contributed by atoms with Crippen molar-refractivity contribution in [2.45, 2.75) is 30.3 Å². The molecular weight excluding hydrogens is 363 g/mol. The van der Waals surface area contributed by atoms with Crippen molar-refractivity contribution < 1.29 is 18.7 Å². The van der Waals surface area contributed by atoms with E-state index in [1.54, 1.807) is 0 Å². The normalized spacial score (nSPS) is 25.6. The van der Waals surface area contributed by atoms with Gasteiger partial charge in [0.1, 0.15) is 11.6 Å². The number of carbonyl (C=O) groups excluding carboxylic acids is 2. The summed E-state index contributed by atoms with van der Waals surface area (Å²) in [4.78, 5) is 24.1. The summed E-state index contributed by atoms with van der Waals surface area (Å²) in [6, 6.07) is 4.01. The molecule has 0 unspecified atom stereocenters. The topological polar surface area (TPSA) is 96.1 Å². The van der Waals surface area contributed by atoms with Crippen LogP contribution in [0.3, 0.4) is 0 Å². The quantitative estimate of drug-likeness (QED) is 0.714. The highest BCUT2D eigenvalue weighted by atomic mass is 35.5. The molecule has 0 spiro atoms. The predicted molar refractivity (Wildman–Crippen MR) is 90.4 cm³/mol. The van der Waals surface area contributed by atoms with Crippen LogP contribution < -0.4 is 15.4 Å². The van der Waals surface area contributed by atoms with Gasteiger partial charge in [-0.3, -0.25) is 14.7 Å². The van der Waals surface area contributed by atoms with Crippen LogP contribution in [0.1, 0.15) is 29.6 Å². The van der Waals surface area contributed by atoms with Gasteiger partial charge in [-0.1, -0.05) is 11.6 Å². The van der Waals surface area contributed by atoms with Gasteiger partial charge in [0.2, 0.25) is 0 Å². The Balaban J connectivity index is 1.23. The lowest BCUT2D eigenvalue weighted by Gasteiger charge is -2.70. The van der Waals surface area contributed by atoms with Crippen LogP contribution in [0.2, 0.25) is 5.02 Å². The highest BCUT2D eigenvalue weighted by molar-refractivity contribution is 6.30. The molecule has 2 bridgehead atoms. The molecule has 136 valence electrons. The van der Waals surface area contributed by atoms with Gasteiger partial charge in [0.25, 0.3) is 11.8 Å². The van der Waals surface area contributed by atoms with Gasteiger partial charge in [-0.2, -0.15) is 5.10 Å². The first-order chi connectivity index (χ1) is 12.4. The zero-order valence-corrected chi connectivity index (χ0v) is 14.4. The van der Waals surface area contributed by atoms with Crippen molar-refractivity contribution in [1.29, 1.82) is 0 Å². The van der Waals surface area contributed by atoms with E-state index < -0.39 is 5.82 Å². The fourth-order valence-corrected chi connectivity index (χ4v) is 3.91. The van der Waals surface area contributed by atoms with Gasteiger partial charge < -0.3 is 15.4 Å². The van der Waals surface area contributed by atoms with Gasteiger partial charge in [0, 0.05) is 23.3 Å². The van der Waals surface area contributed by atoms with Gasteiger partial charge in [-0.15, -0.1) is 0 Å². The first-order valence-electron chi connectivity index (χ1n) is 8.09. The third kappa shape index (κ3) is 3.01. The van der Waals surface area contributed by atoms with E-state index >= 15 is 0 Å². The van der Waals surface area contributed by atoms with Crippen molar-refractivity contribution in [3.05, 3.63) is 47.0 Å². The second kappa shape index (κ2) is 5.98. The zero-order chi connectivity index (χ0) is 18.4. The number of aromatic nitrogens is 2. The van der Waals surface area contributed by atoms with Crippen LogP contribution in [0, 0.1) is 5.82 Å². The van der Waals surface area contributed by atoms with E-state index in [1.165, 1.54) is 24.5 Å². The van der Waals surface area contributed by atoms with Crippen molar-refractivity contribution in [2.75, 3.05) is 6.61 Å². The molecule has 3 aliphatic carbocycles. The fraction of sp³-hybridized carbons (Fsp3) is 0.353. The zero-order valence-electron chi connectivity index (χ0n) is 13.6. The largest absolute Gasteiger partial charge is 0.484 e. The van der Waals surface area contributed by atoms with E-state index in [0.717, 1.165) is 6.07 Å². The standard InChI is InChI=1S/C17H16ClFN4O3/c18-12-2-1-11(3-13(12)19)26-6-14(24)22-16-7-17(8-16,9-16)23-15(25)10-4-20-21-5-10/h1-5H,6-9H2,(H,20,21)(H,22,24)(H,23,25). The summed E-state index contributed by atoms with van der Waals surface area (Å²) in [5.74, 6) is -0.816. The average Bonchev–Trinajstić information content (AvgIpc) is 3.07. The third-order valence-electron chi connectivity index (χ3n) is 4.84. The van der Waals surface area contributed by atoms with Gasteiger partial charge in [0.15, 0.2) is 6.61 Å². The summed E-state index contributed by atoms with van der Waals surface area (Å²) in [7, 11) is 0. The lowest BCUT2D eigenvalue weighted by Crippen LogP contribution is -2.84. The minimum absolute atomic E-state index is 0.00145. The lowest BCUT2D eigenvalue weighted by molar-refractivity contribution is -0.141. The Morgan fingerprint density at radius 2 is 2.00 bits per heavy atom. The highest BCUT2D eigenvalue weighted by Crippen LogP contribution is 2.60. The highest BCUT2D eigenvalue weighted by Gasteiger charge is 2.69. The number of amides is 2. The summed E-state index contributed by atoms with van der Waals surface area (Å²) >= 11 is 5.60. The molecule has 7 nitrogen and oxygen atoms in total. The van der Waals surface area contributed by atoms with Crippen molar-refractivity contribution in [1.82, 2.24) is 20.8 Å². The number of benzene rings is 1. The van der Waals surface area contributed by atoms with Crippen molar-refractivity contribution in [3.63, 3.8) is 0 Å². The molecule has 0 saturated heterocycles. The van der Waals surface area contributed by atoms with Crippen LogP contribution in [0.4, 0.5) is 4.39 Å². The molecule has 3 fully saturated rings. The third-order valence-corrected chi connectivity index (χ3v) is 5.14. The molecule has 2 aromatic rings. The minimum Gasteiger partial charge on any atom is -0.484 e. The van der Waals surface area contributed by atoms with Crippen LogP contribution in [0.5, 0.6) is 5.75 Å². The Kier molecular flexibility index (Phi) is 3.87. The number of nitrogens with one attached hydrogen (secondary N) is 3. The fourth-order valence-electron chi connectivity index (χ4n) is 3.79. The van der Waals surface area contributed by atoms with E-state index in [9.17, 15) is 14.0 Å². The van der Waals surface area contributed by atoms with Crippen LogP contribution in [-0.4, -0.2) is 39.7 Å². The molecule has 3 N–H and O–H groups in total. The van der Waals surface area contributed by atoms with Gasteiger partial charge in [-0.05, 0) is 31.4 Å². The molecule has 3 saturated carbocycles. The van der Waals surface area contributed by atoms with E-state index in [-0.39, 0.29) is 40.3 Å². The maximum Gasteiger partial charge on any atom is 0.258 e. The Bertz CT molecular complexity index is 851. The lowest BCUT2D eigenvalue weighted by atomic mass is 9.44. The number of hydrogen-bond acceptors (Lipinski definition) is 4. The molecule has 1 aromatic heterocycles. The number of H-pyrrole nitrogens is 1. The Morgan fingerprint density at radius 1 is 1.27 bits per heavy atom.